The van der Waals surface area contributed by atoms with E-state index in [0.717, 1.165) is 30.5 Å². The summed E-state index contributed by atoms with van der Waals surface area (Å²) in [5, 5.41) is 2.19. The van der Waals surface area contributed by atoms with Gasteiger partial charge in [-0.1, -0.05) is 17.7 Å². The Labute approximate surface area is 173 Å². The maximum absolute atomic E-state index is 13.8. The van der Waals surface area contributed by atoms with Crippen molar-refractivity contribution >= 4 is 27.6 Å². The zero-order valence-electron chi connectivity index (χ0n) is 16.3. The van der Waals surface area contributed by atoms with E-state index in [0.29, 0.717) is 23.5 Å². The van der Waals surface area contributed by atoms with Crippen LogP contribution in [-0.4, -0.2) is 49.2 Å². The van der Waals surface area contributed by atoms with E-state index in [1.165, 1.54) is 17.0 Å². The van der Waals surface area contributed by atoms with Crippen molar-refractivity contribution in [2.45, 2.75) is 24.7 Å². The molecule has 0 spiro atoms. The van der Waals surface area contributed by atoms with Crippen molar-refractivity contribution in [1.29, 1.82) is 0 Å². The van der Waals surface area contributed by atoms with Gasteiger partial charge in [0.15, 0.2) is 0 Å². The number of sulfonamides is 1. The van der Waals surface area contributed by atoms with Crippen LogP contribution in [0.4, 0.5) is 19.3 Å². The van der Waals surface area contributed by atoms with Gasteiger partial charge in [0.2, 0.25) is 5.91 Å². The molecule has 10 heteroatoms. The first-order chi connectivity index (χ1) is 14.2. The van der Waals surface area contributed by atoms with Gasteiger partial charge in [-0.05, 0) is 44.0 Å². The van der Waals surface area contributed by atoms with Crippen molar-refractivity contribution in [1.82, 2.24) is 9.21 Å². The number of likely N-dealkylation sites (tertiary alicyclic amines) is 1. The lowest BCUT2D eigenvalue weighted by atomic mass is 10.2. The van der Waals surface area contributed by atoms with E-state index < -0.39 is 40.1 Å². The highest BCUT2D eigenvalue weighted by Crippen LogP contribution is 2.21. The largest absolute Gasteiger partial charge is 0.334 e. The van der Waals surface area contributed by atoms with E-state index in [1.54, 1.807) is 19.1 Å². The van der Waals surface area contributed by atoms with Gasteiger partial charge in [-0.15, -0.1) is 0 Å². The fraction of sp³-hybridized carbons (Fsp3) is 0.300. The molecule has 2 aromatic rings. The van der Waals surface area contributed by atoms with Crippen molar-refractivity contribution in [3.63, 3.8) is 0 Å². The molecule has 2 aromatic carbocycles. The molecule has 1 fully saturated rings. The third kappa shape index (κ3) is 4.76. The second-order valence-corrected chi connectivity index (χ2v) is 8.84. The average Bonchev–Trinajstić information content (AvgIpc) is 3.23. The number of carbonyl (C=O) groups excluding carboxylic acids is 2. The molecule has 30 heavy (non-hydrogen) atoms. The third-order valence-corrected chi connectivity index (χ3v) is 6.42. The zero-order valence-corrected chi connectivity index (χ0v) is 17.1. The number of benzene rings is 2. The first-order valence-electron chi connectivity index (χ1n) is 9.32. The van der Waals surface area contributed by atoms with Gasteiger partial charge in [-0.25, -0.2) is 26.3 Å². The SMILES string of the molecule is Cc1ccc(S(=O)(=O)N(CC(=O)Nc2ccc(F)cc2F)C(=O)N2CCCC2)cc1. The Hall–Kier alpha value is -3.01. The third-order valence-electron chi connectivity index (χ3n) is 4.69. The number of nitrogens with one attached hydrogen (secondary N) is 1. The Morgan fingerprint density at radius 3 is 2.30 bits per heavy atom. The Kier molecular flexibility index (Phi) is 6.35. The van der Waals surface area contributed by atoms with Crippen LogP contribution in [0.25, 0.3) is 0 Å². The molecule has 0 radical (unpaired) electrons. The predicted molar refractivity (Wildman–Crippen MR) is 106 cm³/mol. The lowest BCUT2D eigenvalue weighted by molar-refractivity contribution is -0.116. The normalized spacial score (nSPS) is 13.9. The molecule has 1 aliphatic heterocycles. The van der Waals surface area contributed by atoms with Crippen LogP contribution in [0.1, 0.15) is 18.4 Å². The zero-order chi connectivity index (χ0) is 21.9. The second-order valence-electron chi connectivity index (χ2n) is 6.97. The molecule has 1 aliphatic rings. The molecule has 160 valence electrons. The number of urea groups is 1. The summed E-state index contributed by atoms with van der Waals surface area (Å²) >= 11 is 0. The summed E-state index contributed by atoms with van der Waals surface area (Å²) in [6.07, 6.45) is 1.47. The summed E-state index contributed by atoms with van der Waals surface area (Å²) in [6.45, 7) is 1.70. The van der Waals surface area contributed by atoms with Gasteiger partial charge in [-0.2, -0.15) is 0 Å². The van der Waals surface area contributed by atoms with Gasteiger partial charge in [0.1, 0.15) is 18.2 Å². The van der Waals surface area contributed by atoms with Crippen molar-refractivity contribution in [2.75, 3.05) is 25.0 Å². The molecule has 0 saturated carbocycles. The quantitative estimate of drug-likeness (QED) is 0.779. The standard InChI is InChI=1S/C20H21F2N3O4S/c1-14-4-7-16(8-5-14)30(28,29)25(20(27)24-10-2-3-11-24)13-19(26)23-18-9-6-15(21)12-17(18)22/h4-9,12H,2-3,10-11,13H2,1H3,(H,23,26). The van der Waals surface area contributed by atoms with Gasteiger partial charge in [-0.3, -0.25) is 4.79 Å². The first-order valence-corrected chi connectivity index (χ1v) is 10.8. The van der Waals surface area contributed by atoms with E-state index in [4.69, 9.17) is 0 Å². The molecule has 7 nitrogen and oxygen atoms in total. The van der Waals surface area contributed by atoms with Crippen LogP contribution in [0.3, 0.4) is 0 Å². The average molecular weight is 437 g/mol. The summed E-state index contributed by atoms with van der Waals surface area (Å²) in [4.78, 5) is 26.6. The topological polar surface area (TPSA) is 86.8 Å². The highest BCUT2D eigenvalue weighted by Gasteiger charge is 2.35. The van der Waals surface area contributed by atoms with E-state index in [2.05, 4.69) is 5.32 Å². The monoisotopic (exact) mass is 437 g/mol. The number of hydrogen-bond donors (Lipinski definition) is 1. The molecule has 0 aromatic heterocycles. The fourth-order valence-corrected chi connectivity index (χ4v) is 4.41. The number of hydrogen-bond acceptors (Lipinski definition) is 4. The Bertz CT molecular complexity index is 1050. The van der Waals surface area contributed by atoms with E-state index in [1.807, 2.05) is 0 Å². The van der Waals surface area contributed by atoms with Crippen LogP contribution in [0.2, 0.25) is 0 Å². The molecule has 0 atom stereocenters. The number of amides is 3. The molecule has 1 heterocycles. The summed E-state index contributed by atoms with van der Waals surface area (Å²) in [5.74, 6) is -2.76. The van der Waals surface area contributed by atoms with Crippen molar-refractivity contribution in [2.24, 2.45) is 0 Å². The Balaban J connectivity index is 1.88. The van der Waals surface area contributed by atoms with Gasteiger partial charge >= 0.3 is 6.03 Å². The smallest absolute Gasteiger partial charge is 0.324 e. The van der Waals surface area contributed by atoms with Crippen LogP contribution in [0, 0.1) is 18.6 Å². The minimum Gasteiger partial charge on any atom is -0.324 e. The molecule has 1 N–H and O–H groups in total. The molecule has 3 rings (SSSR count). The Morgan fingerprint density at radius 1 is 1.07 bits per heavy atom. The van der Waals surface area contributed by atoms with Crippen LogP contribution >= 0.6 is 0 Å². The molecule has 1 saturated heterocycles. The highest BCUT2D eigenvalue weighted by atomic mass is 32.2. The van der Waals surface area contributed by atoms with Gasteiger partial charge in [0.05, 0.1) is 10.6 Å². The first kappa shape index (κ1) is 21.7. The van der Waals surface area contributed by atoms with Crippen molar-refractivity contribution in [3.8, 4) is 0 Å². The van der Waals surface area contributed by atoms with Gasteiger partial charge in [0.25, 0.3) is 10.0 Å². The van der Waals surface area contributed by atoms with Crippen molar-refractivity contribution in [3.05, 3.63) is 59.7 Å². The number of rotatable bonds is 5. The second kappa shape index (κ2) is 8.78. The molecule has 3 amide bonds. The summed E-state index contributed by atoms with van der Waals surface area (Å²) in [5.41, 5.74) is 0.513. The molecular formula is C20H21F2N3O4S. The highest BCUT2D eigenvalue weighted by molar-refractivity contribution is 7.89. The predicted octanol–water partition coefficient (Wildman–Crippen LogP) is 3.12. The number of halogens is 2. The fourth-order valence-electron chi connectivity index (χ4n) is 3.07. The van der Waals surface area contributed by atoms with Crippen LogP contribution in [-0.2, 0) is 14.8 Å². The number of aryl methyl sites for hydroxylation is 1. The molecule has 0 unspecified atom stereocenters. The molecule has 0 bridgehead atoms. The lowest BCUT2D eigenvalue weighted by Gasteiger charge is -2.27. The minimum absolute atomic E-state index is 0.138. The maximum Gasteiger partial charge on any atom is 0.334 e. The van der Waals surface area contributed by atoms with Crippen LogP contribution < -0.4 is 5.32 Å². The lowest BCUT2D eigenvalue weighted by Crippen LogP contribution is -2.48. The molecular weight excluding hydrogens is 416 g/mol. The van der Waals surface area contributed by atoms with Crippen LogP contribution in [0.15, 0.2) is 47.4 Å². The van der Waals surface area contributed by atoms with Gasteiger partial charge < -0.3 is 10.2 Å². The van der Waals surface area contributed by atoms with Gasteiger partial charge in [0, 0.05) is 19.2 Å². The van der Waals surface area contributed by atoms with Crippen LogP contribution in [0.5, 0.6) is 0 Å². The number of anilines is 1. The van der Waals surface area contributed by atoms with E-state index in [9.17, 15) is 26.8 Å². The van der Waals surface area contributed by atoms with Crippen molar-refractivity contribution < 1.29 is 26.8 Å². The number of carbonyl (C=O) groups is 2. The Morgan fingerprint density at radius 2 is 1.70 bits per heavy atom. The maximum atomic E-state index is 13.8. The number of nitrogens with zero attached hydrogens (tertiary/aromatic N) is 2. The van der Waals surface area contributed by atoms with E-state index in [-0.39, 0.29) is 10.6 Å². The molecule has 0 aliphatic carbocycles. The van der Waals surface area contributed by atoms with E-state index >= 15 is 0 Å². The summed E-state index contributed by atoms with van der Waals surface area (Å²) in [6, 6.07) is 7.62. The summed E-state index contributed by atoms with van der Waals surface area (Å²) < 4.78 is 53.6. The summed E-state index contributed by atoms with van der Waals surface area (Å²) in [7, 11) is -4.33. The minimum atomic E-state index is -4.33.